The lowest BCUT2D eigenvalue weighted by molar-refractivity contribution is -0.150. The van der Waals surface area contributed by atoms with Crippen LogP contribution >= 0.6 is 0 Å². The molecule has 4 atom stereocenters. The summed E-state index contributed by atoms with van der Waals surface area (Å²) in [6, 6.07) is 3.38. The van der Waals surface area contributed by atoms with Gasteiger partial charge in [-0.1, -0.05) is 13.3 Å². The van der Waals surface area contributed by atoms with E-state index >= 15 is 0 Å². The number of carbonyl (C=O) groups excluding carboxylic acids is 2. The number of rotatable bonds is 9. The number of amides is 2. The maximum absolute atomic E-state index is 13.7. The number of carbonyl (C=O) groups is 3. The van der Waals surface area contributed by atoms with Crippen molar-refractivity contribution in [1.82, 2.24) is 10.6 Å². The summed E-state index contributed by atoms with van der Waals surface area (Å²) in [5, 5.41) is 16.0. The van der Waals surface area contributed by atoms with Gasteiger partial charge in [-0.2, -0.15) is 0 Å². The summed E-state index contributed by atoms with van der Waals surface area (Å²) in [6.45, 7) is 6.66. The summed E-state index contributed by atoms with van der Waals surface area (Å²) >= 11 is 0. The van der Waals surface area contributed by atoms with Crippen molar-refractivity contribution in [3.05, 3.63) is 23.3 Å². The van der Waals surface area contributed by atoms with Gasteiger partial charge < -0.3 is 25.2 Å². The first-order valence-electron chi connectivity index (χ1n) is 14.7. The Labute approximate surface area is 231 Å². The molecule has 4 saturated carbocycles. The third-order valence-electron chi connectivity index (χ3n) is 10.4. The van der Waals surface area contributed by atoms with Crippen molar-refractivity contribution in [3.63, 3.8) is 0 Å². The lowest BCUT2D eigenvalue weighted by Gasteiger charge is -2.39. The first kappa shape index (κ1) is 27.8. The van der Waals surface area contributed by atoms with Crippen molar-refractivity contribution in [3.8, 4) is 11.5 Å². The third kappa shape index (κ3) is 5.48. The Hall–Kier alpha value is -2.77. The van der Waals surface area contributed by atoms with Crippen LogP contribution < -0.4 is 20.1 Å². The highest BCUT2D eigenvalue weighted by Gasteiger charge is 2.51. The monoisotopic (exact) mass is 540 g/mol. The molecule has 4 fully saturated rings. The number of ether oxygens (including phenoxy) is 2. The molecule has 0 aliphatic heterocycles. The number of carboxylic acid groups (broad SMARTS) is 1. The fraction of sp³-hybridized carbons (Fsp3) is 0.710. The molecular weight excluding hydrogens is 496 g/mol. The molecule has 39 heavy (non-hydrogen) atoms. The summed E-state index contributed by atoms with van der Waals surface area (Å²) in [5.74, 6) is 0.580. The van der Waals surface area contributed by atoms with E-state index < -0.39 is 11.4 Å². The van der Waals surface area contributed by atoms with Gasteiger partial charge in [0.2, 0.25) is 5.91 Å². The molecule has 4 aliphatic carbocycles. The van der Waals surface area contributed by atoms with Crippen LogP contribution in [0, 0.1) is 35.5 Å². The van der Waals surface area contributed by atoms with Gasteiger partial charge in [-0.25, -0.2) is 0 Å². The summed E-state index contributed by atoms with van der Waals surface area (Å²) < 4.78 is 11.9. The minimum Gasteiger partial charge on any atom is -0.496 e. The molecular formula is C31H44N2O6. The molecule has 214 valence electrons. The van der Waals surface area contributed by atoms with Crippen molar-refractivity contribution in [2.45, 2.75) is 97.1 Å². The van der Waals surface area contributed by atoms with E-state index in [2.05, 4.69) is 17.6 Å². The average molecular weight is 541 g/mol. The van der Waals surface area contributed by atoms with Crippen LogP contribution in [0.2, 0.25) is 0 Å². The number of aliphatic carboxylic acids is 1. The van der Waals surface area contributed by atoms with Crippen LogP contribution in [0.3, 0.4) is 0 Å². The smallest absolute Gasteiger partial charge is 0.309 e. The Morgan fingerprint density at radius 1 is 1.00 bits per heavy atom. The Balaban J connectivity index is 1.28. The second kappa shape index (κ2) is 10.7. The number of fused-ring (bicyclic) bond motifs is 2. The SMILES string of the molecule is COc1cc(C)c(OC2CCC(C)(C(=O)O)CC2)cc1C(=O)N[C@@H]1[C@H]2CC[C@H](C2)[C@@H]1C(=O)NCC1(C)CCC1. The lowest BCUT2D eigenvalue weighted by atomic mass is 9.70. The van der Waals surface area contributed by atoms with Crippen LogP contribution in [-0.4, -0.2) is 48.7 Å². The molecule has 3 N–H and O–H groups in total. The highest BCUT2D eigenvalue weighted by molar-refractivity contribution is 5.98. The average Bonchev–Trinajstić information content (AvgIpc) is 3.50. The zero-order valence-corrected chi connectivity index (χ0v) is 23.8. The quantitative estimate of drug-likeness (QED) is 0.412. The van der Waals surface area contributed by atoms with E-state index in [4.69, 9.17) is 9.47 Å². The highest BCUT2D eigenvalue weighted by atomic mass is 16.5. The third-order valence-corrected chi connectivity index (χ3v) is 10.4. The van der Waals surface area contributed by atoms with Gasteiger partial charge in [-0.05, 0) is 107 Å². The topological polar surface area (TPSA) is 114 Å². The molecule has 8 heteroatoms. The van der Waals surface area contributed by atoms with E-state index in [0.717, 1.165) is 37.7 Å². The summed E-state index contributed by atoms with van der Waals surface area (Å²) in [7, 11) is 1.55. The number of hydrogen-bond donors (Lipinski definition) is 3. The van der Waals surface area contributed by atoms with Crippen LogP contribution in [0.4, 0.5) is 0 Å². The second-order valence-electron chi connectivity index (χ2n) is 13.2. The van der Waals surface area contributed by atoms with Crippen LogP contribution in [-0.2, 0) is 9.59 Å². The molecule has 0 radical (unpaired) electrons. The van der Waals surface area contributed by atoms with Gasteiger partial charge in [0.1, 0.15) is 11.5 Å². The normalized spacial score (nSPS) is 32.7. The Bertz CT molecular complexity index is 1120. The number of methoxy groups -OCH3 is 1. The van der Waals surface area contributed by atoms with Gasteiger partial charge in [0.05, 0.1) is 30.1 Å². The van der Waals surface area contributed by atoms with Crippen molar-refractivity contribution in [2.24, 2.45) is 28.6 Å². The fourth-order valence-electron chi connectivity index (χ4n) is 7.36. The number of carboxylic acids is 1. The van der Waals surface area contributed by atoms with Crippen molar-refractivity contribution in [2.75, 3.05) is 13.7 Å². The molecule has 5 rings (SSSR count). The number of nitrogens with one attached hydrogen (secondary N) is 2. The summed E-state index contributed by atoms with van der Waals surface area (Å²) in [5.41, 5.74) is 0.756. The first-order valence-corrected chi connectivity index (χ1v) is 14.7. The number of aryl methyl sites for hydroxylation is 1. The lowest BCUT2D eigenvalue weighted by Crippen LogP contribution is -2.51. The largest absolute Gasteiger partial charge is 0.496 e. The van der Waals surface area contributed by atoms with Crippen molar-refractivity contribution >= 4 is 17.8 Å². The van der Waals surface area contributed by atoms with Crippen LogP contribution in [0.15, 0.2) is 12.1 Å². The van der Waals surface area contributed by atoms with Crippen molar-refractivity contribution in [1.29, 1.82) is 0 Å². The van der Waals surface area contributed by atoms with Crippen LogP contribution in [0.25, 0.3) is 0 Å². The summed E-state index contributed by atoms with van der Waals surface area (Å²) in [6.07, 6.45) is 8.91. The molecule has 4 aliphatic rings. The maximum Gasteiger partial charge on any atom is 0.309 e. The van der Waals surface area contributed by atoms with Gasteiger partial charge in [0, 0.05) is 12.6 Å². The van der Waals surface area contributed by atoms with E-state index in [0.29, 0.717) is 61.1 Å². The number of hydrogen-bond acceptors (Lipinski definition) is 5. The minimum atomic E-state index is -0.759. The van der Waals surface area contributed by atoms with Gasteiger partial charge in [-0.3, -0.25) is 14.4 Å². The molecule has 0 aromatic heterocycles. The molecule has 1 aromatic rings. The molecule has 2 amide bonds. The predicted molar refractivity (Wildman–Crippen MR) is 147 cm³/mol. The molecule has 0 unspecified atom stereocenters. The molecule has 8 nitrogen and oxygen atoms in total. The molecule has 2 bridgehead atoms. The molecule has 0 spiro atoms. The highest BCUT2D eigenvalue weighted by Crippen LogP contribution is 2.49. The van der Waals surface area contributed by atoms with Crippen molar-refractivity contribution < 1.29 is 29.0 Å². The zero-order valence-electron chi connectivity index (χ0n) is 23.8. The van der Waals surface area contributed by atoms with E-state index in [-0.39, 0.29) is 35.3 Å². The van der Waals surface area contributed by atoms with E-state index in [9.17, 15) is 19.5 Å². The Morgan fingerprint density at radius 3 is 2.31 bits per heavy atom. The maximum atomic E-state index is 13.7. The molecule has 1 aromatic carbocycles. The number of benzene rings is 1. The molecule has 0 saturated heterocycles. The van der Waals surface area contributed by atoms with E-state index in [1.165, 1.54) is 6.42 Å². The Kier molecular flexibility index (Phi) is 7.59. The Morgan fingerprint density at radius 2 is 1.69 bits per heavy atom. The first-order chi connectivity index (χ1) is 18.5. The summed E-state index contributed by atoms with van der Waals surface area (Å²) in [4.78, 5) is 38.6. The van der Waals surface area contributed by atoms with Crippen LogP contribution in [0.1, 0.15) is 94.0 Å². The predicted octanol–water partition coefficient (Wildman–Crippen LogP) is 4.87. The van der Waals surface area contributed by atoms with Gasteiger partial charge in [-0.15, -0.1) is 0 Å². The molecule has 0 heterocycles. The zero-order chi connectivity index (χ0) is 27.9. The van der Waals surface area contributed by atoms with E-state index in [1.54, 1.807) is 20.1 Å². The van der Waals surface area contributed by atoms with E-state index in [1.807, 2.05) is 13.0 Å². The van der Waals surface area contributed by atoms with Gasteiger partial charge in [0.25, 0.3) is 5.91 Å². The van der Waals surface area contributed by atoms with Crippen LogP contribution in [0.5, 0.6) is 11.5 Å². The standard InChI is InChI=1S/C31H44N2O6/c1-18-14-24(38-4)22(16-23(18)39-21-8-12-31(3,13-9-21)29(36)37)27(34)33-26-20-7-6-19(15-20)25(26)28(35)32-17-30(2)10-5-11-30/h14,16,19-21,25-26H,5-13,15,17H2,1-4H3,(H,32,35)(H,33,34)(H,36,37)/t19-,20+,21?,25+,26-,31?/m1/s1. The second-order valence-corrected chi connectivity index (χ2v) is 13.2. The van der Waals surface area contributed by atoms with Gasteiger partial charge >= 0.3 is 5.97 Å². The fourth-order valence-corrected chi connectivity index (χ4v) is 7.36. The minimum absolute atomic E-state index is 0.0752. The van der Waals surface area contributed by atoms with Gasteiger partial charge in [0.15, 0.2) is 0 Å².